The molecule has 0 aliphatic carbocycles. The zero-order valence-corrected chi connectivity index (χ0v) is 33.6. The number of esters is 2. The number of ether oxygens (including phenoxy) is 2. The first-order valence-corrected chi connectivity index (χ1v) is 21.8. The van der Waals surface area contributed by atoms with Crippen molar-refractivity contribution in [3.63, 3.8) is 0 Å². The highest BCUT2D eigenvalue weighted by Crippen LogP contribution is 2.42. The van der Waals surface area contributed by atoms with Crippen LogP contribution in [-0.4, -0.2) is 43.3 Å². The minimum atomic E-state index is -4.27. The second-order valence-electron chi connectivity index (χ2n) is 13.4. The van der Waals surface area contributed by atoms with Gasteiger partial charge in [-0.25, -0.2) is 4.57 Å². The third-order valence-electron chi connectivity index (χ3n) is 8.55. The summed E-state index contributed by atoms with van der Waals surface area (Å²) in [6.07, 6.45) is 44.4. The predicted molar refractivity (Wildman–Crippen MR) is 212 cm³/mol. The van der Waals surface area contributed by atoms with Gasteiger partial charge < -0.3 is 14.4 Å². The summed E-state index contributed by atoms with van der Waals surface area (Å²) in [5.74, 6) is -0.830. The standard InChI is InChI=1S/C42H75O8P/c1-4-6-8-10-12-14-16-18-20-21-23-25-27-29-31-33-35-37-42(44)50-40(39-49-51(45,46)47-3)38-48-41(43)36-34-32-30-28-26-24-22-19-17-15-13-11-9-7-5-2/h12-15,18-20,22,40H,4-11,16-17,21,23-39H2,1-3H3,(H,45,46)/b14-12-,15-13-,20-18-,22-19-. The van der Waals surface area contributed by atoms with Gasteiger partial charge in [0.15, 0.2) is 6.10 Å². The number of rotatable bonds is 37. The van der Waals surface area contributed by atoms with Crippen LogP contribution in [0.5, 0.6) is 0 Å². The van der Waals surface area contributed by atoms with Gasteiger partial charge in [0.2, 0.25) is 0 Å². The topological polar surface area (TPSA) is 108 Å². The van der Waals surface area contributed by atoms with Crippen LogP contribution in [0.15, 0.2) is 48.6 Å². The van der Waals surface area contributed by atoms with E-state index in [2.05, 4.69) is 67.0 Å². The Morgan fingerprint density at radius 1 is 0.549 bits per heavy atom. The lowest BCUT2D eigenvalue weighted by atomic mass is 10.1. The van der Waals surface area contributed by atoms with Crippen molar-refractivity contribution in [2.45, 2.75) is 187 Å². The van der Waals surface area contributed by atoms with Crippen molar-refractivity contribution in [1.82, 2.24) is 0 Å². The van der Waals surface area contributed by atoms with Gasteiger partial charge in [0.1, 0.15) is 6.61 Å². The van der Waals surface area contributed by atoms with E-state index >= 15 is 0 Å². The van der Waals surface area contributed by atoms with E-state index in [1.807, 2.05) is 0 Å². The number of phosphoric ester groups is 1. The Hall–Kier alpha value is -1.99. The molecule has 2 atom stereocenters. The molecule has 2 unspecified atom stereocenters. The van der Waals surface area contributed by atoms with Gasteiger partial charge in [-0.2, -0.15) is 0 Å². The molecule has 0 aromatic heterocycles. The zero-order chi connectivity index (χ0) is 37.5. The van der Waals surface area contributed by atoms with Gasteiger partial charge in [-0.3, -0.25) is 18.6 Å². The van der Waals surface area contributed by atoms with E-state index in [0.717, 1.165) is 84.2 Å². The van der Waals surface area contributed by atoms with Gasteiger partial charge in [0, 0.05) is 20.0 Å². The van der Waals surface area contributed by atoms with Crippen LogP contribution in [0, 0.1) is 0 Å². The van der Waals surface area contributed by atoms with E-state index < -0.39 is 26.5 Å². The summed E-state index contributed by atoms with van der Waals surface area (Å²) in [6, 6.07) is 0. The highest BCUT2D eigenvalue weighted by Gasteiger charge is 2.24. The molecule has 296 valence electrons. The molecular weight excluding hydrogens is 663 g/mol. The van der Waals surface area contributed by atoms with E-state index in [1.54, 1.807) is 0 Å². The van der Waals surface area contributed by atoms with E-state index in [4.69, 9.17) is 14.0 Å². The number of unbranched alkanes of at least 4 members (excludes halogenated alkanes) is 18. The lowest BCUT2D eigenvalue weighted by Gasteiger charge is -2.19. The summed E-state index contributed by atoms with van der Waals surface area (Å²) in [5, 5.41) is 0. The highest BCUT2D eigenvalue weighted by molar-refractivity contribution is 7.47. The molecule has 0 aliphatic heterocycles. The fourth-order valence-electron chi connectivity index (χ4n) is 5.36. The van der Waals surface area contributed by atoms with Gasteiger partial charge in [-0.15, -0.1) is 0 Å². The molecule has 0 heterocycles. The molecule has 0 amide bonds. The van der Waals surface area contributed by atoms with Crippen molar-refractivity contribution in [3.8, 4) is 0 Å². The number of allylic oxidation sites excluding steroid dienone is 8. The quantitative estimate of drug-likeness (QED) is 0.0290. The van der Waals surface area contributed by atoms with Gasteiger partial charge in [-0.1, -0.05) is 140 Å². The van der Waals surface area contributed by atoms with Gasteiger partial charge in [-0.05, 0) is 77.0 Å². The van der Waals surface area contributed by atoms with Crippen molar-refractivity contribution in [2.75, 3.05) is 20.3 Å². The first-order valence-electron chi connectivity index (χ1n) is 20.3. The van der Waals surface area contributed by atoms with Crippen LogP contribution in [0.4, 0.5) is 0 Å². The number of hydrogen-bond acceptors (Lipinski definition) is 7. The number of carbonyl (C=O) groups is 2. The Kier molecular flexibility index (Phi) is 36.3. The fraction of sp³-hybridized carbons (Fsp3) is 0.762. The summed E-state index contributed by atoms with van der Waals surface area (Å²) < 4.78 is 31.9. The minimum Gasteiger partial charge on any atom is -0.462 e. The third-order valence-corrected chi connectivity index (χ3v) is 9.48. The van der Waals surface area contributed by atoms with Crippen LogP contribution in [0.2, 0.25) is 0 Å². The third kappa shape index (κ3) is 37.6. The average Bonchev–Trinajstić information content (AvgIpc) is 3.12. The molecule has 51 heavy (non-hydrogen) atoms. The smallest absolute Gasteiger partial charge is 0.462 e. The van der Waals surface area contributed by atoms with Crippen LogP contribution >= 0.6 is 7.82 Å². The maximum Gasteiger partial charge on any atom is 0.472 e. The predicted octanol–water partition coefficient (Wildman–Crippen LogP) is 12.6. The van der Waals surface area contributed by atoms with Crippen molar-refractivity contribution in [1.29, 1.82) is 0 Å². The minimum absolute atomic E-state index is 0.231. The molecule has 1 N–H and O–H groups in total. The number of carbonyl (C=O) groups excluding carboxylic acids is 2. The monoisotopic (exact) mass is 739 g/mol. The molecule has 0 bridgehead atoms. The lowest BCUT2D eigenvalue weighted by molar-refractivity contribution is -0.161. The number of phosphoric acid groups is 1. The van der Waals surface area contributed by atoms with Crippen LogP contribution < -0.4 is 0 Å². The van der Waals surface area contributed by atoms with E-state index in [1.165, 1.54) is 70.6 Å². The van der Waals surface area contributed by atoms with E-state index in [-0.39, 0.29) is 25.4 Å². The summed E-state index contributed by atoms with van der Waals surface area (Å²) in [5.41, 5.74) is 0. The fourth-order valence-corrected chi connectivity index (χ4v) is 5.82. The van der Waals surface area contributed by atoms with Crippen molar-refractivity contribution < 1.29 is 37.6 Å². The zero-order valence-electron chi connectivity index (χ0n) is 32.7. The highest BCUT2D eigenvalue weighted by atomic mass is 31.2. The molecule has 8 nitrogen and oxygen atoms in total. The van der Waals surface area contributed by atoms with Crippen LogP contribution in [0.1, 0.15) is 181 Å². The van der Waals surface area contributed by atoms with Crippen LogP contribution in [0.25, 0.3) is 0 Å². The molecule has 0 aromatic rings. The number of hydrogen-bond donors (Lipinski definition) is 1. The molecule has 0 radical (unpaired) electrons. The second kappa shape index (κ2) is 37.8. The second-order valence-corrected chi connectivity index (χ2v) is 15.0. The normalized spacial score (nSPS) is 13.9. The average molecular weight is 739 g/mol. The molecule has 9 heteroatoms. The molecule has 0 rings (SSSR count). The summed E-state index contributed by atoms with van der Waals surface area (Å²) >= 11 is 0. The Balaban J connectivity index is 4.07. The summed E-state index contributed by atoms with van der Waals surface area (Å²) in [7, 11) is -3.21. The SMILES string of the molecule is CCCCC/C=C\C/C=C\CCCCCCCCCC(=O)OC(COC(=O)CCCCCCC/C=C\C/C=C\CCCCC)COP(=O)(O)OC. The van der Waals surface area contributed by atoms with Crippen LogP contribution in [-0.2, 0) is 32.7 Å². The largest absolute Gasteiger partial charge is 0.472 e. The van der Waals surface area contributed by atoms with E-state index in [0.29, 0.717) is 6.42 Å². The maximum absolute atomic E-state index is 12.5. The Morgan fingerprint density at radius 3 is 1.37 bits per heavy atom. The van der Waals surface area contributed by atoms with Crippen molar-refractivity contribution in [2.24, 2.45) is 0 Å². The Labute approximate surface area is 312 Å². The molecule has 0 saturated carbocycles. The van der Waals surface area contributed by atoms with Crippen LogP contribution in [0.3, 0.4) is 0 Å². The van der Waals surface area contributed by atoms with Crippen molar-refractivity contribution >= 4 is 19.8 Å². The van der Waals surface area contributed by atoms with Gasteiger partial charge in [0.05, 0.1) is 6.61 Å². The molecular formula is C42H75O8P. The Bertz CT molecular complexity index is 974. The molecule has 0 spiro atoms. The molecule has 0 saturated heterocycles. The van der Waals surface area contributed by atoms with Gasteiger partial charge >= 0.3 is 19.8 Å². The maximum atomic E-state index is 12.5. The summed E-state index contributed by atoms with van der Waals surface area (Å²) in [6.45, 7) is 3.81. The van der Waals surface area contributed by atoms with E-state index in [9.17, 15) is 19.0 Å². The first kappa shape index (κ1) is 49.0. The lowest BCUT2D eigenvalue weighted by Crippen LogP contribution is -2.29. The summed E-state index contributed by atoms with van der Waals surface area (Å²) in [4.78, 5) is 34.4. The van der Waals surface area contributed by atoms with Crippen molar-refractivity contribution in [3.05, 3.63) is 48.6 Å². The molecule has 0 fully saturated rings. The molecule has 0 aromatic carbocycles. The Morgan fingerprint density at radius 2 is 0.941 bits per heavy atom. The first-order chi connectivity index (χ1) is 24.8. The van der Waals surface area contributed by atoms with Gasteiger partial charge in [0.25, 0.3) is 0 Å². The molecule has 0 aliphatic rings.